The van der Waals surface area contributed by atoms with Crippen LogP contribution in [0.1, 0.15) is 22.3 Å². The normalized spacial score (nSPS) is 11.3. The molecule has 0 heterocycles. The molecule has 0 saturated heterocycles. The maximum Gasteiger partial charge on any atom is 0.408 e. The van der Waals surface area contributed by atoms with E-state index in [-0.39, 0.29) is 13.0 Å². The molecule has 38 heavy (non-hydrogen) atoms. The molecule has 0 aliphatic rings. The van der Waals surface area contributed by atoms with E-state index in [1.165, 1.54) is 0 Å². The molecule has 0 spiro atoms. The topological polar surface area (TPSA) is 99.9 Å². The molecular formula is C31H30N2O5. The molecule has 0 bridgehead atoms. The highest BCUT2D eigenvalue weighted by Gasteiger charge is 2.21. The van der Waals surface area contributed by atoms with E-state index in [9.17, 15) is 9.59 Å². The monoisotopic (exact) mass is 510 g/mol. The Morgan fingerprint density at radius 1 is 0.632 bits per heavy atom. The third kappa shape index (κ3) is 8.13. The van der Waals surface area contributed by atoms with Gasteiger partial charge in [-0.15, -0.1) is 0 Å². The molecule has 0 unspecified atom stereocenters. The van der Waals surface area contributed by atoms with E-state index in [0.717, 1.165) is 22.3 Å². The van der Waals surface area contributed by atoms with Gasteiger partial charge in [-0.1, -0.05) is 97.1 Å². The molecule has 0 fully saturated rings. The molecule has 0 aliphatic carbocycles. The van der Waals surface area contributed by atoms with Gasteiger partial charge >= 0.3 is 6.09 Å². The summed E-state index contributed by atoms with van der Waals surface area (Å²) in [6.45, 7) is 0.805. The molecule has 194 valence electrons. The van der Waals surface area contributed by atoms with Crippen molar-refractivity contribution in [2.45, 2.75) is 32.3 Å². The van der Waals surface area contributed by atoms with Gasteiger partial charge in [-0.3, -0.25) is 4.79 Å². The Labute approximate surface area is 222 Å². The van der Waals surface area contributed by atoms with Crippen LogP contribution in [-0.2, 0) is 35.8 Å². The first-order valence-corrected chi connectivity index (χ1v) is 12.3. The Bertz CT molecular complexity index is 1310. The minimum Gasteiger partial charge on any atom is -0.485 e. The number of alkyl carbamates (subject to hydrolysis) is 1. The van der Waals surface area contributed by atoms with Crippen molar-refractivity contribution in [2.24, 2.45) is 5.73 Å². The van der Waals surface area contributed by atoms with Crippen LogP contribution in [0.25, 0.3) is 0 Å². The first-order valence-electron chi connectivity index (χ1n) is 12.3. The van der Waals surface area contributed by atoms with Gasteiger partial charge in [0, 0.05) is 6.42 Å². The smallest absolute Gasteiger partial charge is 0.408 e. The fourth-order valence-corrected chi connectivity index (χ4v) is 3.75. The second-order valence-corrected chi connectivity index (χ2v) is 8.69. The molecule has 7 heteroatoms. The lowest BCUT2D eigenvalue weighted by molar-refractivity contribution is -0.119. The van der Waals surface area contributed by atoms with Gasteiger partial charge in [-0.25, -0.2) is 4.79 Å². The summed E-state index contributed by atoms with van der Waals surface area (Å²) in [5.74, 6) is 0.425. The van der Waals surface area contributed by atoms with Crippen LogP contribution in [-0.4, -0.2) is 18.0 Å². The van der Waals surface area contributed by atoms with E-state index < -0.39 is 18.0 Å². The largest absolute Gasteiger partial charge is 0.485 e. The predicted molar refractivity (Wildman–Crippen MR) is 144 cm³/mol. The van der Waals surface area contributed by atoms with Crippen LogP contribution < -0.4 is 20.5 Å². The first-order chi connectivity index (χ1) is 18.6. The average molecular weight is 511 g/mol. The number of primary amides is 1. The van der Waals surface area contributed by atoms with Gasteiger partial charge in [0.1, 0.15) is 25.9 Å². The van der Waals surface area contributed by atoms with Crippen LogP contribution in [0.4, 0.5) is 4.79 Å². The third-order valence-electron chi connectivity index (χ3n) is 5.77. The minimum atomic E-state index is -0.962. The molecule has 1 atom stereocenters. The number of rotatable bonds is 12. The molecule has 7 nitrogen and oxygen atoms in total. The molecule has 0 aromatic heterocycles. The molecule has 4 aromatic rings. The summed E-state index contributed by atoms with van der Waals surface area (Å²) in [5.41, 5.74) is 9.20. The molecule has 3 N–H and O–H groups in total. The zero-order valence-electron chi connectivity index (χ0n) is 20.9. The Balaban J connectivity index is 1.44. The van der Waals surface area contributed by atoms with Gasteiger partial charge in [0.15, 0.2) is 11.5 Å². The quantitative estimate of drug-likeness (QED) is 0.274. The maximum atomic E-state index is 12.3. The van der Waals surface area contributed by atoms with E-state index in [4.69, 9.17) is 19.9 Å². The average Bonchev–Trinajstić information content (AvgIpc) is 2.95. The summed E-state index contributed by atoms with van der Waals surface area (Å²) in [6.07, 6.45) is -0.558. The second-order valence-electron chi connectivity index (χ2n) is 8.69. The van der Waals surface area contributed by atoms with E-state index >= 15 is 0 Å². The molecule has 0 saturated carbocycles. The zero-order valence-corrected chi connectivity index (χ0v) is 20.9. The lowest BCUT2D eigenvalue weighted by atomic mass is 10.0. The van der Waals surface area contributed by atoms with Crippen LogP contribution in [0.2, 0.25) is 0 Å². The van der Waals surface area contributed by atoms with Crippen molar-refractivity contribution < 1.29 is 23.8 Å². The van der Waals surface area contributed by atoms with E-state index in [1.807, 2.05) is 97.1 Å². The SMILES string of the molecule is NC(=O)[C@H](Cc1ccc(OCc2ccccc2)c(OCc2ccccc2)c1)NC(=O)OCc1ccccc1. The highest BCUT2D eigenvalue weighted by Crippen LogP contribution is 2.30. The molecule has 0 radical (unpaired) electrons. The summed E-state index contributed by atoms with van der Waals surface area (Å²) in [4.78, 5) is 24.5. The number of carbonyl (C=O) groups excluding carboxylic acids is 2. The predicted octanol–water partition coefficient (Wildman–Crippen LogP) is 5.17. The number of hydrogen-bond donors (Lipinski definition) is 2. The molecule has 0 aliphatic heterocycles. The minimum absolute atomic E-state index is 0.0864. The Morgan fingerprint density at radius 3 is 1.66 bits per heavy atom. The van der Waals surface area contributed by atoms with Gasteiger partial charge in [-0.2, -0.15) is 0 Å². The van der Waals surface area contributed by atoms with Gasteiger partial charge in [0.05, 0.1) is 0 Å². The van der Waals surface area contributed by atoms with Gasteiger partial charge in [0.25, 0.3) is 0 Å². The van der Waals surface area contributed by atoms with Gasteiger partial charge in [0.2, 0.25) is 5.91 Å². The van der Waals surface area contributed by atoms with Crippen LogP contribution in [0.15, 0.2) is 109 Å². The fourth-order valence-electron chi connectivity index (χ4n) is 3.75. The second kappa shape index (κ2) is 13.5. The van der Waals surface area contributed by atoms with Crippen molar-refractivity contribution in [3.8, 4) is 11.5 Å². The van der Waals surface area contributed by atoms with Crippen molar-refractivity contribution in [2.75, 3.05) is 0 Å². The van der Waals surface area contributed by atoms with E-state index in [1.54, 1.807) is 12.1 Å². The van der Waals surface area contributed by atoms with Crippen LogP contribution in [0.3, 0.4) is 0 Å². The molecule has 2 amide bonds. The lowest BCUT2D eigenvalue weighted by Gasteiger charge is -2.18. The summed E-state index contributed by atoms with van der Waals surface area (Å²) in [5, 5.41) is 2.57. The van der Waals surface area contributed by atoms with Crippen molar-refractivity contribution in [3.05, 3.63) is 131 Å². The van der Waals surface area contributed by atoms with Crippen molar-refractivity contribution in [1.82, 2.24) is 5.32 Å². The van der Waals surface area contributed by atoms with Crippen molar-refractivity contribution in [1.29, 1.82) is 0 Å². The Morgan fingerprint density at radius 2 is 1.13 bits per heavy atom. The summed E-state index contributed by atoms with van der Waals surface area (Å²) in [6, 6.07) is 33.4. The number of nitrogens with two attached hydrogens (primary N) is 1. The molecular weight excluding hydrogens is 480 g/mol. The van der Waals surface area contributed by atoms with Crippen molar-refractivity contribution in [3.63, 3.8) is 0 Å². The van der Waals surface area contributed by atoms with Crippen molar-refractivity contribution >= 4 is 12.0 Å². The number of ether oxygens (including phenoxy) is 3. The molecule has 4 aromatic carbocycles. The first kappa shape index (κ1) is 26.3. The standard InChI is InChI=1S/C31H30N2O5/c32-30(34)27(33-31(35)38-22-25-14-8-3-9-15-25)18-26-16-17-28(36-20-23-10-4-1-5-11-23)29(19-26)37-21-24-12-6-2-7-13-24/h1-17,19,27H,18,20-22H2,(H2,32,34)(H,33,35)/t27-/m0/s1. The van der Waals surface area contributed by atoms with Gasteiger partial charge in [-0.05, 0) is 34.4 Å². The highest BCUT2D eigenvalue weighted by molar-refractivity contribution is 5.84. The number of carbonyl (C=O) groups is 2. The summed E-state index contributed by atoms with van der Waals surface area (Å²) in [7, 11) is 0. The summed E-state index contributed by atoms with van der Waals surface area (Å²) >= 11 is 0. The number of hydrogen-bond acceptors (Lipinski definition) is 5. The fraction of sp³-hybridized carbons (Fsp3) is 0.161. The van der Waals surface area contributed by atoms with Crippen LogP contribution >= 0.6 is 0 Å². The van der Waals surface area contributed by atoms with E-state index in [0.29, 0.717) is 24.7 Å². The van der Waals surface area contributed by atoms with Crippen LogP contribution in [0, 0.1) is 0 Å². The molecule has 4 rings (SSSR count). The number of nitrogens with one attached hydrogen (secondary N) is 1. The van der Waals surface area contributed by atoms with Crippen LogP contribution in [0.5, 0.6) is 11.5 Å². The maximum absolute atomic E-state index is 12.3. The lowest BCUT2D eigenvalue weighted by Crippen LogP contribution is -2.46. The number of amides is 2. The Kier molecular flexibility index (Phi) is 9.34. The van der Waals surface area contributed by atoms with E-state index in [2.05, 4.69) is 5.32 Å². The Hall–Kier alpha value is -4.78. The summed E-state index contributed by atoms with van der Waals surface area (Å²) < 4.78 is 17.4. The highest BCUT2D eigenvalue weighted by atomic mass is 16.5. The third-order valence-corrected chi connectivity index (χ3v) is 5.77. The van der Waals surface area contributed by atoms with Gasteiger partial charge < -0.3 is 25.3 Å². The number of benzene rings is 4. The zero-order chi connectivity index (χ0) is 26.6.